The fourth-order valence-electron chi connectivity index (χ4n) is 3.23. The van der Waals surface area contributed by atoms with Gasteiger partial charge in [0, 0.05) is 28.5 Å². The van der Waals surface area contributed by atoms with Gasteiger partial charge in [-0.2, -0.15) is 5.10 Å². The van der Waals surface area contributed by atoms with E-state index >= 15 is 0 Å². The normalized spacial score (nSPS) is 11.2. The fourth-order valence-corrected chi connectivity index (χ4v) is 3.35. The summed E-state index contributed by atoms with van der Waals surface area (Å²) in [7, 11) is 0. The second-order valence-corrected chi connectivity index (χ2v) is 7.00. The molecule has 0 saturated carbocycles. The summed E-state index contributed by atoms with van der Waals surface area (Å²) in [6, 6.07) is 18.0. The Morgan fingerprint density at radius 1 is 0.786 bits per heavy atom. The van der Waals surface area contributed by atoms with Crippen molar-refractivity contribution in [3.8, 4) is 22.5 Å². The van der Waals surface area contributed by atoms with Crippen LogP contribution in [0.1, 0.15) is 5.56 Å². The number of nitrogens with zero attached hydrogens (tertiary/aromatic N) is 5. The van der Waals surface area contributed by atoms with Crippen LogP contribution in [0.5, 0.6) is 0 Å². The fraction of sp³-hybridized carbons (Fsp3) is 0.0455. The van der Waals surface area contributed by atoms with Crippen LogP contribution in [0.3, 0.4) is 0 Å². The van der Waals surface area contributed by atoms with Crippen molar-refractivity contribution in [1.29, 1.82) is 0 Å². The molecule has 0 aliphatic rings. The molecule has 0 spiro atoms. The molecule has 0 unspecified atom stereocenters. The van der Waals surface area contributed by atoms with Crippen molar-refractivity contribution >= 4 is 17.2 Å². The largest absolute Gasteiger partial charge is 0.296 e. The number of hydrogen-bond acceptors (Lipinski definition) is 3. The lowest BCUT2D eigenvalue weighted by molar-refractivity contribution is 0.687. The van der Waals surface area contributed by atoms with E-state index in [1.54, 1.807) is 6.20 Å². The zero-order valence-electron chi connectivity index (χ0n) is 14.9. The molecule has 0 N–H and O–H groups in total. The van der Waals surface area contributed by atoms with Gasteiger partial charge in [0.2, 0.25) is 0 Å². The highest BCUT2D eigenvalue weighted by molar-refractivity contribution is 6.30. The van der Waals surface area contributed by atoms with Crippen molar-refractivity contribution in [2.45, 2.75) is 6.54 Å². The molecule has 3 heterocycles. The highest BCUT2D eigenvalue weighted by Crippen LogP contribution is 2.24. The van der Waals surface area contributed by atoms with Crippen LogP contribution in [0.2, 0.25) is 5.02 Å². The average molecular weight is 386 g/mol. The van der Waals surface area contributed by atoms with Crippen LogP contribution in [-0.4, -0.2) is 24.1 Å². The smallest absolute Gasteiger partial charge is 0.155 e. The van der Waals surface area contributed by atoms with E-state index in [-0.39, 0.29) is 0 Å². The first-order valence-electron chi connectivity index (χ1n) is 8.92. The highest BCUT2D eigenvalue weighted by Gasteiger charge is 2.10. The molecule has 136 valence electrons. The first kappa shape index (κ1) is 16.7. The number of rotatable bonds is 4. The van der Waals surface area contributed by atoms with Crippen molar-refractivity contribution < 1.29 is 0 Å². The maximum Gasteiger partial charge on any atom is 0.155 e. The topological polar surface area (TPSA) is 48.0 Å². The monoisotopic (exact) mass is 385 g/mol. The molecular formula is C22H16ClN5. The molecular weight excluding hydrogens is 370 g/mol. The van der Waals surface area contributed by atoms with Gasteiger partial charge in [-0.25, -0.2) is 4.98 Å². The van der Waals surface area contributed by atoms with Gasteiger partial charge < -0.3 is 0 Å². The molecule has 0 saturated heterocycles. The van der Waals surface area contributed by atoms with E-state index in [9.17, 15) is 0 Å². The van der Waals surface area contributed by atoms with Gasteiger partial charge in [0.15, 0.2) is 5.65 Å². The first-order valence-corrected chi connectivity index (χ1v) is 9.30. The van der Waals surface area contributed by atoms with E-state index in [0.29, 0.717) is 5.02 Å². The maximum absolute atomic E-state index is 6.02. The number of benzene rings is 2. The molecule has 5 nitrogen and oxygen atoms in total. The number of imidazole rings is 1. The van der Waals surface area contributed by atoms with Crippen LogP contribution in [0.15, 0.2) is 85.6 Å². The van der Waals surface area contributed by atoms with E-state index < -0.39 is 0 Å². The molecule has 6 heteroatoms. The minimum Gasteiger partial charge on any atom is -0.296 e. The summed E-state index contributed by atoms with van der Waals surface area (Å²) in [6.07, 6.45) is 9.48. The minimum absolute atomic E-state index is 0.714. The third-order valence-electron chi connectivity index (χ3n) is 4.65. The predicted molar refractivity (Wildman–Crippen MR) is 110 cm³/mol. The van der Waals surface area contributed by atoms with E-state index in [4.69, 9.17) is 11.6 Å². The van der Waals surface area contributed by atoms with Crippen molar-refractivity contribution in [1.82, 2.24) is 24.1 Å². The molecule has 0 atom stereocenters. The summed E-state index contributed by atoms with van der Waals surface area (Å²) >= 11 is 6.02. The second kappa shape index (κ2) is 6.94. The SMILES string of the molecule is Clc1ccc(-c2cnc3cnc(-c4cnn(Cc5ccccc5)c4)cn23)cc1. The second-order valence-electron chi connectivity index (χ2n) is 6.56. The number of halogens is 1. The molecule has 0 bridgehead atoms. The van der Waals surface area contributed by atoms with Gasteiger partial charge in [0.1, 0.15) is 0 Å². The Morgan fingerprint density at radius 2 is 1.61 bits per heavy atom. The highest BCUT2D eigenvalue weighted by atomic mass is 35.5. The van der Waals surface area contributed by atoms with E-state index in [2.05, 4.69) is 27.2 Å². The minimum atomic E-state index is 0.714. The Bertz CT molecular complexity index is 1240. The Labute approximate surface area is 166 Å². The summed E-state index contributed by atoms with van der Waals surface area (Å²) in [5, 5.41) is 5.20. The molecule has 0 fully saturated rings. The lowest BCUT2D eigenvalue weighted by Crippen LogP contribution is -1.99. The van der Waals surface area contributed by atoms with Gasteiger partial charge in [-0.1, -0.05) is 54.1 Å². The van der Waals surface area contributed by atoms with Crippen LogP contribution in [0, 0.1) is 0 Å². The first-order chi connectivity index (χ1) is 13.8. The van der Waals surface area contributed by atoms with Crippen LogP contribution in [0.4, 0.5) is 0 Å². The average Bonchev–Trinajstić information content (AvgIpc) is 3.36. The Balaban J connectivity index is 1.50. The van der Waals surface area contributed by atoms with Gasteiger partial charge in [0.25, 0.3) is 0 Å². The molecule has 0 aliphatic heterocycles. The van der Waals surface area contributed by atoms with Gasteiger partial charge in [-0.15, -0.1) is 0 Å². The van der Waals surface area contributed by atoms with Gasteiger partial charge >= 0.3 is 0 Å². The van der Waals surface area contributed by atoms with Crippen LogP contribution < -0.4 is 0 Å². The Morgan fingerprint density at radius 3 is 2.43 bits per heavy atom. The molecule has 0 amide bonds. The van der Waals surface area contributed by atoms with Crippen LogP contribution >= 0.6 is 11.6 Å². The third-order valence-corrected chi connectivity index (χ3v) is 4.90. The predicted octanol–water partition coefficient (Wildman–Crippen LogP) is 4.96. The van der Waals surface area contributed by atoms with Gasteiger partial charge in [0.05, 0.1) is 36.5 Å². The van der Waals surface area contributed by atoms with Crippen molar-refractivity contribution in [3.63, 3.8) is 0 Å². The lowest BCUT2D eigenvalue weighted by atomic mass is 10.2. The summed E-state index contributed by atoms with van der Waals surface area (Å²) < 4.78 is 3.96. The molecule has 0 radical (unpaired) electrons. The molecule has 5 rings (SSSR count). The maximum atomic E-state index is 6.02. The zero-order valence-corrected chi connectivity index (χ0v) is 15.7. The summed E-state index contributed by atoms with van der Waals surface area (Å²) in [4.78, 5) is 9.02. The molecule has 2 aromatic carbocycles. The molecule has 0 aliphatic carbocycles. The molecule has 5 aromatic rings. The van der Waals surface area contributed by atoms with Crippen LogP contribution in [-0.2, 0) is 6.54 Å². The standard InChI is InChI=1S/C22H16ClN5/c23-19-8-6-17(7-9-19)21-11-25-22-12-24-20(15-28(21)22)18-10-26-27(14-18)13-16-4-2-1-3-5-16/h1-12,14-15H,13H2. The summed E-state index contributed by atoms with van der Waals surface area (Å²) in [5.41, 5.74) is 5.86. The lowest BCUT2D eigenvalue weighted by Gasteiger charge is -2.04. The van der Waals surface area contributed by atoms with E-state index in [1.807, 2.05) is 76.3 Å². The molecule has 28 heavy (non-hydrogen) atoms. The quantitative estimate of drug-likeness (QED) is 0.439. The van der Waals surface area contributed by atoms with E-state index in [0.717, 1.165) is 34.7 Å². The summed E-state index contributed by atoms with van der Waals surface area (Å²) in [5.74, 6) is 0. The van der Waals surface area contributed by atoms with Gasteiger partial charge in [-0.05, 0) is 17.7 Å². The van der Waals surface area contributed by atoms with Crippen LogP contribution in [0.25, 0.3) is 28.2 Å². The third kappa shape index (κ3) is 3.17. The van der Waals surface area contributed by atoms with Crippen molar-refractivity contribution in [2.24, 2.45) is 0 Å². The molecule has 3 aromatic heterocycles. The number of aromatic nitrogens is 5. The number of hydrogen-bond donors (Lipinski definition) is 0. The van der Waals surface area contributed by atoms with E-state index in [1.165, 1.54) is 5.56 Å². The number of fused-ring (bicyclic) bond motifs is 1. The Kier molecular flexibility index (Phi) is 4.14. The van der Waals surface area contributed by atoms with Gasteiger partial charge in [-0.3, -0.25) is 14.1 Å². The van der Waals surface area contributed by atoms with Crippen molar-refractivity contribution in [3.05, 3.63) is 96.2 Å². The summed E-state index contributed by atoms with van der Waals surface area (Å²) in [6.45, 7) is 0.726. The van der Waals surface area contributed by atoms with Crippen molar-refractivity contribution in [2.75, 3.05) is 0 Å². The zero-order chi connectivity index (χ0) is 18.9. The Hall–Kier alpha value is -3.44.